The molecular weight excluding hydrogens is 274 g/mol. The fourth-order valence-corrected chi connectivity index (χ4v) is 2.73. The van der Waals surface area contributed by atoms with Crippen LogP contribution in [0.15, 0.2) is 24.4 Å². The minimum atomic E-state index is 0.732. The highest BCUT2D eigenvalue weighted by Gasteiger charge is 2.13. The van der Waals surface area contributed by atoms with Crippen molar-refractivity contribution in [1.82, 2.24) is 15.2 Å². The first kappa shape index (κ1) is 14.8. The molecule has 22 heavy (non-hydrogen) atoms. The van der Waals surface area contributed by atoms with Gasteiger partial charge < -0.3 is 10.2 Å². The van der Waals surface area contributed by atoms with E-state index in [1.54, 1.807) is 6.20 Å². The molecule has 0 radical (unpaired) electrons. The van der Waals surface area contributed by atoms with Crippen LogP contribution in [0.5, 0.6) is 0 Å². The SMILES string of the molecule is Cc1ccc(Nc2cnnc(N3CCCCCC3)n2)cc1C. The van der Waals surface area contributed by atoms with Gasteiger partial charge >= 0.3 is 0 Å². The van der Waals surface area contributed by atoms with Crippen LogP contribution in [0.1, 0.15) is 36.8 Å². The van der Waals surface area contributed by atoms with Crippen LogP contribution in [0.25, 0.3) is 0 Å². The Morgan fingerprint density at radius 2 is 1.77 bits per heavy atom. The summed E-state index contributed by atoms with van der Waals surface area (Å²) in [5.74, 6) is 1.48. The molecule has 0 aliphatic carbocycles. The molecule has 2 aromatic rings. The summed E-state index contributed by atoms with van der Waals surface area (Å²) in [5, 5.41) is 11.6. The topological polar surface area (TPSA) is 53.9 Å². The highest BCUT2D eigenvalue weighted by Crippen LogP contribution is 2.20. The largest absolute Gasteiger partial charge is 0.339 e. The van der Waals surface area contributed by atoms with Gasteiger partial charge in [0, 0.05) is 18.8 Å². The van der Waals surface area contributed by atoms with E-state index in [9.17, 15) is 0 Å². The Balaban J connectivity index is 1.76. The van der Waals surface area contributed by atoms with Gasteiger partial charge in [0.2, 0.25) is 5.95 Å². The van der Waals surface area contributed by atoms with Gasteiger partial charge in [0.1, 0.15) is 0 Å². The Morgan fingerprint density at radius 1 is 1.00 bits per heavy atom. The molecule has 0 bridgehead atoms. The summed E-state index contributed by atoms with van der Waals surface area (Å²) in [6.45, 7) is 6.27. The van der Waals surface area contributed by atoms with E-state index >= 15 is 0 Å². The Morgan fingerprint density at radius 3 is 2.50 bits per heavy atom. The van der Waals surface area contributed by atoms with Crippen LogP contribution in [0, 0.1) is 13.8 Å². The molecule has 1 aliphatic rings. The lowest BCUT2D eigenvalue weighted by Gasteiger charge is -2.19. The van der Waals surface area contributed by atoms with Crippen molar-refractivity contribution in [2.24, 2.45) is 0 Å². The van der Waals surface area contributed by atoms with E-state index in [4.69, 9.17) is 0 Å². The number of anilines is 3. The van der Waals surface area contributed by atoms with Crippen molar-refractivity contribution < 1.29 is 0 Å². The Hall–Kier alpha value is -2.17. The maximum Gasteiger partial charge on any atom is 0.247 e. The van der Waals surface area contributed by atoms with Crippen LogP contribution in [-0.2, 0) is 0 Å². The standard InChI is InChI=1S/C17H23N5/c1-13-7-8-15(11-14(13)2)19-16-12-18-21-17(20-16)22-9-5-3-4-6-10-22/h7-8,11-12H,3-6,9-10H2,1-2H3,(H,19,20,21). The van der Waals surface area contributed by atoms with E-state index < -0.39 is 0 Å². The summed E-state index contributed by atoms with van der Waals surface area (Å²) in [7, 11) is 0. The van der Waals surface area contributed by atoms with Gasteiger partial charge in [-0.3, -0.25) is 0 Å². The van der Waals surface area contributed by atoms with Crippen molar-refractivity contribution in [2.75, 3.05) is 23.3 Å². The van der Waals surface area contributed by atoms with Crippen LogP contribution in [0.4, 0.5) is 17.5 Å². The molecule has 1 aliphatic heterocycles. The number of aryl methyl sites for hydroxylation is 2. The molecule has 1 N–H and O–H groups in total. The van der Waals surface area contributed by atoms with E-state index in [0.29, 0.717) is 0 Å². The lowest BCUT2D eigenvalue weighted by Crippen LogP contribution is -2.26. The first-order chi connectivity index (χ1) is 10.7. The van der Waals surface area contributed by atoms with Crippen LogP contribution in [0.2, 0.25) is 0 Å². The van der Waals surface area contributed by atoms with Crippen LogP contribution in [0.3, 0.4) is 0 Å². The molecule has 0 spiro atoms. The van der Waals surface area contributed by atoms with Crippen molar-refractivity contribution in [3.63, 3.8) is 0 Å². The highest BCUT2D eigenvalue weighted by atomic mass is 15.3. The third-order valence-electron chi connectivity index (χ3n) is 4.22. The molecular formula is C17H23N5. The quantitative estimate of drug-likeness (QED) is 0.938. The number of hydrogen-bond acceptors (Lipinski definition) is 5. The molecule has 5 nitrogen and oxygen atoms in total. The Bertz CT molecular complexity index is 633. The molecule has 3 rings (SSSR count). The zero-order chi connectivity index (χ0) is 15.4. The first-order valence-electron chi connectivity index (χ1n) is 8.01. The summed E-state index contributed by atoms with van der Waals surface area (Å²) in [4.78, 5) is 6.87. The van der Waals surface area contributed by atoms with Gasteiger partial charge in [0.05, 0.1) is 6.20 Å². The molecule has 0 unspecified atom stereocenters. The second-order valence-electron chi connectivity index (χ2n) is 5.97. The van der Waals surface area contributed by atoms with Gasteiger partial charge in [-0.15, -0.1) is 5.10 Å². The van der Waals surface area contributed by atoms with Gasteiger partial charge in [0.25, 0.3) is 0 Å². The summed E-state index contributed by atoms with van der Waals surface area (Å²) in [5.41, 5.74) is 3.58. The van der Waals surface area contributed by atoms with E-state index in [1.165, 1.54) is 36.8 Å². The smallest absolute Gasteiger partial charge is 0.247 e. The number of nitrogens with one attached hydrogen (secondary N) is 1. The number of benzene rings is 1. The first-order valence-corrected chi connectivity index (χ1v) is 8.01. The van der Waals surface area contributed by atoms with E-state index in [1.807, 2.05) is 0 Å². The molecule has 116 valence electrons. The predicted octanol–water partition coefficient (Wildman–Crippen LogP) is 3.61. The maximum atomic E-state index is 4.63. The third kappa shape index (κ3) is 3.53. The average molecular weight is 297 g/mol. The van der Waals surface area contributed by atoms with E-state index in [0.717, 1.165) is 30.5 Å². The molecule has 0 saturated carbocycles. The van der Waals surface area contributed by atoms with Gasteiger partial charge in [-0.05, 0) is 49.9 Å². The van der Waals surface area contributed by atoms with Crippen LogP contribution in [-0.4, -0.2) is 28.3 Å². The fraction of sp³-hybridized carbons (Fsp3) is 0.471. The molecule has 1 fully saturated rings. The minimum absolute atomic E-state index is 0.732. The van der Waals surface area contributed by atoms with Crippen molar-refractivity contribution in [1.29, 1.82) is 0 Å². The summed E-state index contributed by atoms with van der Waals surface area (Å²) < 4.78 is 0. The Labute approximate surface area is 131 Å². The maximum absolute atomic E-state index is 4.63. The molecule has 1 aromatic heterocycles. The highest BCUT2D eigenvalue weighted by molar-refractivity contribution is 5.58. The van der Waals surface area contributed by atoms with Crippen LogP contribution >= 0.6 is 0 Å². The fourth-order valence-electron chi connectivity index (χ4n) is 2.73. The molecule has 0 amide bonds. The third-order valence-corrected chi connectivity index (χ3v) is 4.22. The number of hydrogen-bond donors (Lipinski definition) is 1. The number of rotatable bonds is 3. The summed E-state index contributed by atoms with van der Waals surface area (Å²) >= 11 is 0. The lowest BCUT2D eigenvalue weighted by atomic mass is 10.1. The molecule has 0 atom stereocenters. The van der Waals surface area contributed by atoms with E-state index in [2.05, 4.69) is 57.4 Å². The van der Waals surface area contributed by atoms with Crippen molar-refractivity contribution in [2.45, 2.75) is 39.5 Å². The average Bonchev–Trinajstić information content (AvgIpc) is 2.80. The summed E-state index contributed by atoms with van der Waals surface area (Å²) in [6.07, 6.45) is 6.68. The van der Waals surface area contributed by atoms with E-state index in [-0.39, 0.29) is 0 Å². The molecule has 5 heteroatoms. The molecule has 1 aromatic carbocycles. The summed E-state index contributed by atoms with van der Waals surface area (Å²) in [6, 6.07) is 6.31. The predicted molar refractivity (Wildman–Crippen MR) is 89.7 cm³/mol. The van der Waals surface area contributed by atoms with Crippen molar-refractivity contribution in [3.8, 4) is 0 Å². The van der Waals surface area contributed by atoms with Crippen LogP contribution < -0.4 is 10.2 Å². The minimum Gasteiger partial charge on any atom is -0.339 e. The number of aromatic nitrogens is 3. The van der Waals surface area contributed by atoms with Crippen molar-refractivity contribution >= 4 is 17.5 Å². The van der Waals surface area contributed by atoms with Gasteiger partial charge in [-0.1, -0.05) is 18.9 Å². The second-order valence-corrected chi connectivity index (χ2v) is 5.97. The van der Waals surface area contributed by atoms with Gasteiger partial charge in [-0.25, -0.2) is 0 Å². The monoisotopic (exact) mass is 297 g/mol. The zero-order valence-electron chi connectivity index (χ0n) is 13.3. The van der Waals surface area contributed by atoms with Gasteiger partial charge in [-0.2, -0.15) is 10.1 Å². The molecule has 1 saturated heterocycles. The molecule has 2 heterocycles. The number of nitrogens with zero attached hydrogens (tertiary/aromatic N) is 4. The lowest BCUT2D eigenvalue weighted by molar-refractivity contribution is 0.726. The Kier molecular flexibility index (Phi) is 4.51. The second kappa shape index (κ2) is 6.73. The van der Waals surface area contributed by atoms with Gasteiger partial charge in [0.15, 0.2) is 5.82 Å². The zero-order valence-corrected chi connectivity index (χ0v) is 13.3. The van der Waals surface area contributed by atoms with Crippen molar-refractivity contribution in [3.05, 3.63) is 35.5 Å². The normalized spacial score (nSPS) is 15.5.